The third-order valence-electron chi connectivity index (χ3n) is 3.28. The maximum atomic E-state index is 12.1. The largest absolute Gasteiger partial charge is 0.351 e. The van der Waals surface area contributed by atoms with E-state index in [1.54, 1.807) is 0 Å². The Morgan fingerprint density at radius 1 is 1.58 bits per heavy atom. The van der Waals surface area contributed by atoms with Crippen molar-refractivity contribution in [3.8, 4) is 0 Å². The van der Waals surface area contributed by atoms with Gasteiger partial charge in [-0.05, 0) is 20.5 Å². The van der Waals surface area contributed by atoms with Crippen molar-refractivity contribution in [3.05, 3.63) is 16.1 Å². The second-order valence-electron chi connectivity index (χ2n) is 5.04. The van der Waals surface area contributed by atoms with Crippen LogP contribution in [-0.2, 0) is 11.2 Å². The summed E-state index contributed by atoms with van der Waals surface area (Å²) in [5, 5.41) is 11.0. The molecule has 1 aliphatic heterocycles. The lowest BCUT2D eigenvalue weighted by Crippen LogP contribution is -2.33. The molecule has 2 heterocycles. The minimum absolute atomic E-state index is 0.0979. The first-order chi connectivity index (χ1) is 9.02. The van der Waals surface area contributed by atoms with Crippen LogP contribution in [0.4, 0.5) is 0 Å². The summed E-state index contributed by atoms with van der Waals surface area (Å²) in [6, 6.07) is 0. The molecule has 0 amide bonds. The number of aryl methyl sites for hydroxylation is 1. The summed E-state index contributed by atoms with van der Waals surface area (Å²) in [7, 11) is 3.99. The van der Waals surface area contributed by atoms with E-state index in [1.807, 2.05) is 31.3 Å². The van der Waals surface area contributed by atoms with E-state index in [4.69, 9.17) is 5.41 Å². The molecule has 0 aliphatic carbocycles. The lowest BCUT2D eigenvalue weighted by Gasteiger charge is -2.20. The molecule has 1 aliphatic rings. The van der Waals surface area contributed by atoms with Crippen molar-refractivity contribution in [3.63, 3.8) is 0 Å². The van der Waals surface area contributed by atoms with Gasteiger partial charge in [-0.25, -0.2) is 4.98 Å². The lowest BCUT2D eigenvalue weighted by atomic mass is 10.1. The normalized spacial score (nSPS) is 19.8. The Hall–Kier alpha value is -1.27. The van der Waals surface area contributed by atoms with E-state index < -0.39 is 5.92 Å². The van der Waals surface area contributed by atoms with E-state index in [2.05, 4.69) is 9.88 Å². The van der Waals surface area contributed by atoms with Crippen molar-refractivity contribution in [2.24, 2.45) is 0 Å². The molecule has 0 radical (unpaired) electrons. The van der Waals surface area contributed by atoms with Gasteiger partial charge in [0.05, 0.1) is 12.2 Å². The van der Waals surface area contributed by atoms with E-state index >= 15 is 0 Å². The van der Waals surface area contributed by atoms with Crippen LogP contribution in [0.15, 0.2) is 5.38 Å². The van der Waals surface area contributed by atoms with Crippen molar-refractivity contribution in [1.29, 1.82) is 5.41 Å². The molecule has 1 atom stereocenters. The molecule has 0 spiro atoms. The number of thiazole rings is 1. The predicted molar refractivity (Wildman–Crippen MR) is 77.1 cm³/mol. The van der Waals surface area contributed by atoms with Crippen LogP contribution in [0.25, 0.3) is 0 Å². The zero-order valence-corrected chi connectivity index (χ0v) is 12.5. The molecule has 1 aromatic rings. The second-order valence-corrected chi connectivity index (χ2v) is 5.93. The molecule has 1 unspecified atom stereocenters. The summed E-state index contributed by atoms with van der Waals surface area (Å²) in [4.78, 5) is 20.5. The van der Waals surface area contributed by atoms with Gasteiger partial charge in [0.1, 0.15) is 16.8 Å². The molecule has 5 nitrogen and oxygen atoms in total. The number of hydrogen-bond acceptors (Lipinski definition) is 5. The first-order valence-corrected chi connectivity index (χ1v) is 7.36. The van der Waals surface area contributed by atoms with Gasteiger partial charge >= 0.3 is 0 Å². The number of aromatic nitrogens is 1. The van der Waals surface area contributed by atoms with E-state index in [-0.39, 0.29) is 5.78 Å². The molecule has 19 heavy (non-hydrogen) atoms. The van der Waals surface area contributed by atoms with Gasteiger partial charge in [-0.1, -0.05) is 6.92 Å². The number of likely N-dealkylation sites (tertiary alicyclic amines) is 1. The molecule has 1 saturated heterocycles. The van der Waals surface area contributed by atoms with Crippen molar-refractivity contribution in [2.45, 2.75) is 19.3 Å². The van der Waals surface area contributed by atoms with Gasteiger partial charge in [0.25, 0.3) is 0 Å². The molecular weight excluding hydrogens is 260 g/mol. The Morgan fingerprint density at radius 3 is 2.89 bits per heavy atom. The van der Waals surface area contributed by atoms with Crippen LogP contribution in [0.2, 0.25) is 0 Å². The first kappa shape index (κ1) is 14.1. The highest BCUT2D eigenvalue weighted by molar-refractivity contribution is 7.10. The number of amidine groups is 1. The maximum Gasteiger partial charge on any atom is 0.169 e. The number of nitrogens with one attached hydrogen (secondary N) is 1. The van der Waals surface area contributed by atoms with E-state index in [0.717, 1.165) is 30.2 Å². The minimum Gasteiger partial charge on any atom is -0.351 e. The van der Waals surface area contributed by atoms with Gasteiger partial charge < -0.3 is 9.80 Å². The van der Waals surface area contributed by atoms with Gasteiger partial charge in [0.15, 0.2) is 5.78 Å². The van der Waals surface area contributed by atoms with E-state index in [1.165, 1.54) is 11.3 Å². The van der Waals surface area contributed by atoms with E-state index in [0.29, 0.717) is 12.4 Å². The quantitative estimate of drug-likeness (QED) is 0.881. The predicted octanol–water partition coefficient (Wildman–Crippen LogP) is 1.21. The molecule has 1 N–H and O–H groups in total. The summed E-state index contributed by atoms with van der Waals surface area (Å²) in [5.41, 5.74) is 1.01. The number of hydrogen-bond donors (Lipinski definition) is 1. The fourth-order valence-electron chi connectivity index (χ4n) is 2.09. The van der Waals surface area contributed by atoms with Crippen LogP contribution in [0.5, 0.6) is 0 Å². The number of Topliss-reactive ketones (excluding diaryl/α,β-unsaturated/α-hetero) is 1. The molecule has 0 saturated carbocycles. The highest BCUT2D eigenvalue weighted by Gasteiger charge is 2.38. The first-order valence-electron chi connectivity index (χ1n) is 6.48. The number of likely N-dealkylation sites (N-methyl/N-ethyl adjacent to an activating group) is 1. The molecule has 104 valence electrons. The summed E-state index contributed by atoms with van der Waals surface area (Å²) < 4.78 is 0. The summed E-state index contributed by atoms with van der Waals surface area (Å²) in [6.07, 6.45) is 0.870. The van der Waals surface area contributed by atoms with Gasteiger partial charge in [0.2, 0.25) is 0 Å². The van der Waals surface area contributed by atoms with Gasteiger partial charge in [-0.3, -0.25) is 10.2 Å². The molecule has 1 aromatic heterocycles. The third-order valence-corrected chi connectivity index (χ3v) is 4.24. The lowest BCUT2D eigenvalue weighted by molar-refractivity contribution is -0.117. The average Bonchev–Trinajstić information content (AvgIpc) is 2.92. The summed E-state index contributed by atoms with van der Waals surface area (Å²) in [5.74, 6) is 0.0667. The Labute approximate surface area is 117 Å². The highest BCUT2D eigenvalue weighted by Crippen LogP contribution is 2.28. The molecular formula is C13H20N4OS. The fourth-order valence-corrected chi connectivity index (χ4v) is 3.12. The maximum absolute atomic E-state index is 12.1. The zero-order chi connectivity index (χ0) is 14.0. The Balaban J connectivity index is 2.10. The zero-order valence-electron chi connectivity index (χ0n) is 11.6. The molecule has 6 heteroatoms. The third kappa shape index (κ3) is 3.01. The van der Waals surface area contributed by atoms with Crippen LogP contribution in [0, 0.1) is 5.41 Å². The van der Waals surface area contributed by atoms with Gasteiger partial charge in [-0.2, -0.15) is 0 Å². The molecule has 2 rings (SSSR count). The van der Waals surface area contributed by atoms with Crippen molar-refractivity contribution in [1.82, 2.24) is 14.8 Å². The summed E-state index contributed by atoms with van der Waals surface area (Å²) >= 11 is 1.50. The fraction of sp³-hybridized carbons (Fsp3) is 0.615. The SMILES string of the molecule is CCc1csc(C2C(=N)N(CCN(C)C)CC2=O)n1. The number of rotatable bonds is 5. The second kappa shape index (κ2) is 5.79. The Morgan fingerprint density at radius 2 is 2.32 bits per heavy atom. The summed E-state index contributed by atoms with van der Waals surface area (Å²) in [6.45, 7) is 3.96. The van der Waals surface area contributed by atoms with Crippen LogP contribution in [-0.4, -0.2) is 60.1 Å². The molecule has 1 fully saturated rings. The monoisotopic (exact) mass is 280 g/mol. The number of carbonyl (C=O) groups excluding carboxylic acids is 1. The van der Waals surface area contributed by atoms with Crippen molar-refractivity contribution < 1.29 is 4.79 Å². The highest BCUT2D eigenvalue weighted by atomic mass is 32.1. The Bertz CT molecular complexity index is 483. The van der Waals surface area contributed by atoms with Crippen molar-refractivity contribution in [2.75, 3.05) is 33.7 Å². The average molecular weight is 280 g/mol. The van der Waals surface area contributed by atoms with E-state index in [9.17, 15) is 4.79 Å². The number of carbonyl (C=O) groups is 1. The minimum atomic E-state index is -0.438. The number of nitrogens with zero attached hydrogens (tertiary/aromatic N) is 3. The Kier molecular flexibility index (Phi) is 4.31. The molecule has 0 aromatic carbocycles. The van der Waals surface area contributed by atoms with Gasteiger partial charge in [0, 0.05) is 18.5 Å². The van der Waals surface area contributed by atoms with Crippen LogP contribution >= 0.6 is 11.3 Å². The van der Waals surface area contributed by atoms with Crippen LogP contribution in [0.3, 0.4) is 0 Å². The smallest absolute Gasteiger partial charge is 0.169 e. The van der Waals surface area contributed by atoms with Crippen LogP contribution in [0.1, 0.15) is 23.5 Å². The van der Waals surface area contributed by atoms with Gasteiger partial charge in [-0.15, -0.1) is 11.3 Å². The number of ketones is 1. The van der Waals surface area contributed by atoms with Crippen LogP contribution < -0.4 is 0 Å². The standard InChI is InChI=1S/C13H20N4OS/c1-4-9-8-19-13(15-9)11-10(18)7-17(12(11)14)6-5-16(2)3/h8,11,14H,4-7H2,1-3H3. The molecule has 0 bridgehead atoms. The topological polar surface area (TPSA) is 60.3 Å². The van der Waals surface area contributed by atoms with Crippen molar-refractivity contribution >= 4 is 23.0 Å².